The Morgan fingerprint density at radius 2 is 1.50 bits per heavy atom. The van der Waals surface area contributed by atoms with Gasteiger partial charge in [-0.25, -0.2) is 0 Å². The largest absolute Gasteiger partial charge is 0.543 e. The van der Waals surface area contributed by atoms with E-state index in [1.165, 1.54) is 0 Å². The van der Waals surface area contributed by atoms with Gasteiger partial charge in [-0.2, -0.15) is 0 Å². The van der Waals surface area contributed by atoms with Crippen LogP contribution in [0.15, 0.2) is 12.5 Å². The summed E-state index contributed by atoms with van der Waals surface area (Å²) < 4.78 is 9.61. The molecule has 0 aromatic heterocycles. The summed E-state index contributed by atoms with van der Waals surface area (Å²) in [6.45, 7) is 0. The van der Waals surface area contributed by atoms with E-state index in [-0.39, 0.29) is 0 Å². The van der Waals surface area contributed by atoms with E-state index in [0.29, 0.717) is 18.6 Å². The van der Waals surface area contributed by atoms with Gasteiger partial charge < -0.3 is 8.85 Å². The fourth-order valence-electron chi connectivity index (χ4n) is 0.172. The molecule has 0 saturated carbocycles. The summed E-state index contributed by atoms with van der Waals surface area (Å²) in [5, 5.41) is 0. The van der Waals surface area contributed by atoms with E-state index in [1.54, 1.807) is 12.5 Å². The lowest BCUT2D eigenvalue weighted by Crippen LogP contribution is -2.10. The topological polar surface area (TPSA) is 18.5 Å². The SMILES string of the molecule is C1=CO[Si][Si]O1. The normalized spacial score (nSPS) is 18.7. The summed E-state index contributed by atoms with van der Waals surface area (Å²) in [6.07, 6.45) is 3.13. The third kappa shape index (κ3) is 0.871. The van der Waals surface area contributed by atoms with Crippen molar-refractivity contribution in [1.29, 1.82) is 0 Å². The highest BCUT2D eigenvalue weighted by Crippen LogP contribution is 1.82. The van der Waals surface area contributed by atoms with Crippen molar-refractivity contribution in [2.24, 2.45) is 0 Å². The second-order valence-electron chi connectivity index (χ2n) is 0.712. The zero-order valence-electron chi connectivity index (χ0n) is 2.97. The quantitative estimate of drug-likeness (QED) is 0.401. The van der Waals surface area contributed by atoms with Crippen LogP contribution in [0.4, 0.5) is 0 Å². The van der Waals surface area contributed by atoms with Crippen LogP contribution >= 0.6 is 0 Å². The van der Waals surface area contributed by atoms with Gasteiger partial charge >= 0.3 is 18.6 Å². The highest BCUT2D eigenvalue weighted by atomic mass is 29.2. The second-order valence-corrected chi connectivity index (χ2v) is 2.82. The highest BCUT2D eigenvalue weighted by molar-refractivity contribution is 6.94. The average molecular weight is 114 g/mol. The molecule has 0 fully saturated rings. The maximum Gasteiger partial charge on any atom is 0.340 e. The molecule has 4 radical (unpaired) electrons. The van der Waals surface area contributed by atoms with Crippen LogP contribution < -0.4 is 0 Å². The lowest BCUT2D eigenvalue weighted by molar-refractivity contribution is 0.433. The summed E-state index contributed by atoms with van der Waals surface area (Å²) in [5.41, 5.74) is 0. The number of hydrogen-bond donors (Lipinski definition) is 0. The van der Waals surface area contributed by atoms with Crippen molar-refractivity contribution in [1.82, 2.24) is 0 Å². The van der Waals surface area contributed by atoms with Crippen molar-refractivity contribution in [2.75, 3.05) is 0 Å². The third-order valence-electron chi connectivity index (χ3n) is 0.351. The predicted molar refractivity (Wildman–Crippen MR) is 22.8 cm³/mol. The molecular weight excluding hydrogens is 112 g/mol. The first kappa shape index (κ1) is 3.95. The first-order chi connectivity index (χ1) is 3.00. The average Bonchev–Trinajstić information content (AvgIpc) is 1.72. The Morgan fingerprint density at radius 3 is 1.67 bits per heavy atom. The Balaban J connectivity index is 2.26. The van der Waals surface area contributed by atoms with Crippen molar-refractivity contribution < 1.29 is 8.85 Å². The lowest BCUT2D eigenvalue weighted by atomic mass is 11.1. The molecule has 0 unspecified atom stereocenters. The van der Waals surface area contributed by atoms with Crippen LogP contribution in [0.5, 0.6) is 0 Å². The smallest absolute Gasteiger partial charge is 0.340 e. The maximum absolute atomic E-state index is 4.80. The Bertz CT molecular complexity index is 54.6. The van der Waals surface area contributed by atoms with Gasteiger partial charge in [-0.3, -0.25) is 0 Å². The van der Waals surface area contributed by atoms with E-state index in [9.17, 15) is 0 Å². The zero-order valence-corrected chi connectivity index (χ0v) is 4.97. The van der Waals surface area contributed by atoms with Crippen LogP contribution in [0.25, 0.3) is 0 Å². The van der Waals surface area contributed by atoms with Crippen molar-refractivity contribution in [3.8, 4) is 0 Å². The fraction of sp³-hybridized carbons (Fsp3) is 0. The summed E-state index contributed by atoms with van der Waals surface area (Å²) in [5.74, 6) is 0. The van der Waals surface area contributed by atoms with E-state index in [2.05, 4.69) is 0 Å². The first-order valence-corrected chi connectivity index (χ1v) is 4.28. The first-order valence-electron chi connectivity index (χ1n) is 1.46. The van der Waals surface area contributed by atoms with Crippen molar-refractivity contribution in [3.05, 3.63) is 12.5 Å². The zero-order chi connectivity index (χ0) is 4.24. The Labute approximate surface area is 40.8 Å². The summed E-state index contributed by atoms with van der Waals surface area (Å²) in [7, 11) is 1.04. The molecule has 6 heavy (non-hydrogen) atoms. The van der Waals surface area contributed by atoms with Gasteiger partial charge in [-0.1, -0.05) is 0 Å². The van der Waals surface area contributed by atoms with Crippen LogP contribution in [0.1, 0.15) is 0 Å². The molecule has 0 saturated heterocycles. The number of rotatable bonds is 0. The Morgan fingerprint density at radius 1 is 1.00 bits per heavy atom. The maximum atomic E-state index is 4.80. The van der Waals surface area contributed by atoms with Gasteiger partial charge in [0, 0.05) is 0 Å². The molecule has 0 bridgehead atoms. The Kier molecular flexibility index (Phi) is 1.34. The van der Waals surface area contributed by atoms with Crippen LogP contribution in [0, 0.1) is 0 Å². The molecule has 1 aliphatic heterocycles. The summed E-state index contributed by atoms with van der Waals surface area (Å²) in [4.78, 5) is 0. The van der Waals surface area contributed by atoms with E-state index in [1.807, 2.05) is 0 Å². The Hall–Kier alpha value is -0.226. The lowest BCUT2D eigenvalue weighted by Gasteiger charge is -2.00. The van der Waals surface area contributed by atoms with E-state index < -0.39 is 0 Å². The van der Waals surface area contributed by atoms with Gasteiger partial charge in [-0.15, -0.1) is 0 Å². The molecule has 1 aliphatic rings. The van der Waals surface area contributed by atoms with Crippen LogP contribution in [-0.4, -0.2) is 18.6 Å². The third-order valence-corrected chi connectivity index (χ3v) is 1.90. The van der Waals surface area contributed by atoms with E-state index >= 15 is 0 Å². The van der Waals surface area contributed by atoms with E-state index in [4.69, 9.17) is 8.85 Å². The van der Waals surface area contributed by atoms with Crippen molar-refractivity contribution in [2.45, 2.75) is 0 Å². The molecule has 0 aliphatic carbocycles. The minimum Gasteiger partial charge on any atom is -0.543 e. The standard InChI is InChI=1S/C2H2O2Si2/c1-2-4-6-5-3-1/h1-2H. The van der Waals surface area contributed by atoms with Gasteiger partial charge in [0.2, 0.25) is 0 Å². The molecule has 0 atom stereocenters. The molecule has 0 amide bonds. The minimum atomic E-state index is 0.520. The van der Waals surface area contributed by atoms with Gasteiger partial charge in [0.1, 0.15) is 0 Å². The number of hydrogen-bond acceptors (Lipinski definition) is 2. The highest BCUT2D eigenvalue weighted by Gasteiger charge is 1.96. The molecule has 1 heterocycles. The summed E-state index contributed by atoms with van der Waals surface area (Å²) in [6, 6.07) is 0. The van der Waals surface area contributed by atoms with Crippen molar-refractivity contribution in [3.63, 3.8) is 0 Å². The van der Waals surface area contributed by atoms with Gasteiger partial charge in [0.05, 0.1) is 12.5 Å². The van der Waals surface area contributed by atoms with Crippen LogP contribution in [0.3, 0.4) is 0 Å². The fourth-order valence-corrected chi connectivity index (χ4v) is 1.21. The minimum absolute atomic E-state index is 0.520. The molecule has 0 spiro atoms. The van der Waals surface area contributed by atoms with Gasteiger partial charge in [0.15, 0.2) is 0 Å². The molecule has 1 rings (SSSR count). The van der Waals surface area contributed by atoms with Gasteiger partial charge in [0.25, 0.3) is 0 Å². The molecule has 0 N–H and O–H groups in total. The molecule has 0 aromatic rings. The van der Waals surface area contributed by atoms with E-state index in [0.717, 1.165) is 0 Å². The van der Waals surface area contributed by atoms with Crippen molar-refractivity contribution >= 4 is 18.6 Å². The van der Waals surface area contributed by atoms with Crippen LogP contribution in [-0.2, 0) is 8.85 Å². The molecule has 4 heteroatoms. The monoisotopic (exact) mass is 114 g/mol. The molecule has 0 aromatic carbocycles. The summed E-state index contributed by atoms with van der Waals surface area (Å²) >= 11 is 0. The second kappa shape index (κ2) is 2.04. The molecule has 2 nitrogen and oxygen atoms in total. The van der Waals surface area contributed by atoms with Gasteiger partial charge in [-0.05, 0) is 0 Å². The predicted octanol–water partition coefficient (Wildman–Crippen LogP) is -0.342. The molecular formula is C2H2O2Si2. The van der Waals surface area contributed by atoms with Crippen LogP contribution in [0.2, 0.25) is 0 Å². The molecule has 30 valence electrons.